The van der Waals surface area contributed by atoms with Gasteiger partial charge in [0.2, 0.25) is 0 Å². The van der Waals surface area contributed by atoms with Gasteiger partial charge in [-0.2, -0.15) is 0 Å². The van der Waals surface area contributed by atoms with Crippen molar-refractivity contribution in [1.82, 2.24) is 5.32 Å². The van der Waals surface area contributed by atoms with Crippen LogP contribution < -0.4 is 10.6 Å². The molecule has 0 spiro atoms. The Balaban J connectivity index is 0.944. The van der Waals surface area contributed by atoms with Crippen molar-refractivity contribution in [1.29, 1.82) is 0 Å². The van der Waals surface area contributed by atoms with E-state index < -0.39 is 0 Å². The molecular formula is C52H34N4OS. The predicted molar refractivity (Wildman–Crippen MR) is 241 cm³/mol. The average molecular weight is 763 g/mol. The number of hydrogen-bond acceptors (Lipinski definition) is 6. The van der Waals surface area contributed by atoms with Crippen LogP contribution in [0.3, 0.4) is 0 Å². The van der Waals surface area contributed by atoms with Crippen molar-refractivity contribution < 1.29 is 4.42 Å². The molecule has 6 heteroatoms. The molecule has 2 unspecified atom stereocenters. The maximum absolute atomic E-state index is 6.86. The Kier molecular flexibility index (Phi) is 7.46. The molecule has 0 saturated heterocycles. The van der Waals surface area contributed by atoms with Gasteiger partial charge in [-0.05, 0) is 52.1 Å². The number of amidine groups is 2. The van der Waals surface area contributed by atoms with Crippen LogP contribution in [0.2, 0.25) is 0 Å². The van der Waals surface area contributed by atoms with E-state index in [1.807, 2.05) is 29.5 Å². The summed E-state index contributed by atoms with van der Waals surface area (Å²) >= 11 is 1.81. The Morgan fingerprint density at radius 2 is 1.24 bits per heavy atom. The van der Waals surface area contributed by atoms with Crippen molar-refractivity contribution >= 4 is 70.8 Å². The van der Waals surface area contributed by atoms with Crippen molar-refractivity contribution in [3.8, 4) is 22.3 Å². The van der Waals surface area contributed by atoms with Gasteiger partial charge in [0, 0.05) is 58.9 Å². The largest absolute Gasteiger partial charge is 0.455 e. The van der Waals surface area contributed by atoms with Crippen molar-refractivity contribution in [3.63, 3.8) is 0 Å². The first kappa shape index (κ1) is 32.9. The van der Waals surface area contributed by atoms with Gasteiger partial charge in [-0.1, -0.05) is 158 Å². The molecule has 0 bridgehead atoms. The van der Waals surface area contributed by atoms with E-state index in [9.17, 15) is 0 Å². The molecule has 2 aliphatic rings. The lowest BCUT2D eigenvalue weighted by atomic mass is 9.85. The van der Waals surface area contributed by atoms with E-state index in [4.69, 9.17) is 14.4 Å². The number of fused-ring (bicyclic) bond motifs is 10. The van der Waals surface area contributed by atoms with Crippen LogP contribution in [-0.4, -0.2) is 11.7 Å². The van der Waals surface area contributed by atoms with Crippen molar-refractivity contribution in [2.45, 2.75) is 12.2 Å². The second kappa shape index (κ2) is 13.2. The minimum atomic E-state index is -0.321. The van der Waals surface area contributed by atoms with Gasteiger partial charge in [-0.25, -0.2) is 9.98 Å². The number of benzene rings is 8. The summed E-state index contributed by atoms with van der Waals surface area (Å²) in [5.74, 6) is 1.52. The Bertz CT molecular complexity index is 3290. The summed E-state index contributed by atoms with van der Waals surface area (Å²) in [6, 6.07) is 64.4. The highest BCUT2D eigenvalue weighted by Crippen LogP contribution is 2.49. The van der Waals surface area contributed by atoms with Gasteiger partial charge < -0.3 is 15.1 Å². The lowest BCUT2D eigenvalue weighted by molar-refractivity contribution is 0.668. The minimum absolute atomic E-state index is 0.0125. The van der Waals surface area contributed by atoms with E-state index in [0.717, 1.165) is 78.2 Å². The third-order valence-corrected chi connectivity index (χ3v) is 12.7. The molecule has 274 valence electrons. The summed E-state index contributed by atoms with van der Waals surface area (Å²) in [5.41, 5.74) is 13.0. The average Bonchev–Trinajstić information content (AvgIpc) is 3.87. The van der Waals surface area contributed by atoms with Gasteiger partial charge in [0.05, 0.1) is 6.04 Å². The van der Waals surface area contributed by atoms with Crippen LogP contribution in [0.15, 0.2) is 196 Å². The SMILES string of the molecule is c1ccc(C2=NC(c3ccc4c(c3)sc3ccccc34)=NC(c3ccc(-c4cccc5oc6c7c(ccc6c45)C(c4ccccc4)Nc4ccccc4-7)cc3)N2)cc1. The fourth-order valence-electron chi connectivity index (χ4n) is 8.83. The number of aliphatic imine (C=N–C) groups is 2. The standard InChI is InChI=1S/C52H34N4OS/c1-3-12-32(13-4-1)48-40-28-29-41-46-36(18-11-20-43(46)57-49(41)47(40)39-17-7-9-19-42(39)53-48)31-22-24-34(25-23-31)51-54-50(33-14-5-2-6-15-33)55-52(56-51)35-26-27-38-37-16-8-10-21-44(37)58-45(38)30-35/h1-30,48,51,53H,(H,54,55,56). The van der Waals surface area contributed by atoms with Gasteiger partial charge >= 0.3 is 0 Å². The summed E-state index contributed by atoms with van der Waals surface area (Å²) in [6.45, 7) is 0. The first-order valence-electron chi connectivity index (χ1n) is 19.6. The van der Waals surface area contributed by atoms with Gasteiger partial charge in [0.1, 0.15) is 23.2 Å². The van der Waals surface area contributed by atoms with Gasteiger partial charge in [0.25, 0.3) is 0 Å². The Hall–Kier alpha value is -7.28. The molecule has 4 heterocycles. The number of para-hydroxylation sites is 1. The molecule has 2 atom stereocenters. The molecule has 0 fully saturated rings. The number of thiophene rings is 1. The van der Waals surface area contributed by atoms with Crippen LogP contribution in [-0.2, 0) is 0 Å². The highest BCUT2D eigenvalue weighted by atomic mass is 32.1. The van der Waals surface area contributed by atoms with Crippen LogP contribution in [0.5, 0.6) is 0 Å². The van der Waals surface area contributed by atoms with Crippen LogP contribution in [0.1, 0.15) is 40.0 Å². The molecule has 10 aromatic rings. The van der Waals surface area contributed by atoms with Gasteiger partial charge in [-0.3, -0.25) is 0 Å². The molecular weight excluding hydrogens is 729 g/mol. The van der Waals surface area contributed by atoms with E-state index >= 15 is 0 Å². The zero-order valence-electron chi connectivity index (χ0n) is 31.2. The zero-order valence-corrected chi connectivity index (χ0v) is 32.0. The van der Waals surface area contributed by atoms with Crippen LogP contribution in [0.4, 0.5) is 5.69 Å². The smallest absolute Gasteiger partial charge is 0.159 e. The highest BCUT2D eigenvalue weighted by Gasteiger charge is 2.29. The molecule has 8 aromatic carbocycles. The first-order valence-corrected chi connectivity index (χ1v) is 20.4. The molecule has 5 nitrogen and oxygen atoms in total. The molecule has 0 amide bonds. The number of nitrogens with zero attached hydrogens (tertiary/aromatic N) is 2. The fraction of sp³-hybridized carbons (Fsp3) is 0.0385. The monoisotopic (exact) mass is 762 g/mol. The van der Waals surface area contributed by atoms with Gasteiger partial charge in [0.15, 0.2) is 5.84 Å². The number of rotatable bonds is 5. The molecule has 2 aromatic heterocycles. The lowest BCUT2D eigenvalue weighted by Gasteiger charge is -2.30. The Morgan fingerprint density at radius 3 is 2.12 bits per heavy atom. The molecule has 0 aliphatic carbocycles. The second-order valence-electron chi connectivity index (χ2n) is 15.0. The minimum Gasteiger partial charge on any atom is -0.455 e. The first-order chi connectivity index (χ1) is 28.7. The number of furan rings is 1. The van der Waals surface area contributed by atoms with Crippen molar-refractivity contribution in [2.75, 3.05) is 5.32 Å². The summed E-state index contributed by atoms with van der Waals surface area (Å²) in [7, 11) is 0. The maximum atomic E-state index is 6.86. The summed E-state index contributed by atoms with van der Waals surface area (Å²) < 4.78 is 9.37. The van der Waals surface area contributed by atoms with Crippen LogP contribution >= 0.6 is 11.3 Å². The van der Waals surface area contributed by atoms with E-state index in [2.05, 4.69) is 174 Å². The molecule has 58 heavy (non-hydrogen) atoms. The number of hydrogen-bond donors (Lipinski definition) is 2. The predicted octanol–water partition coefficient (Wildman–Crippen LogP) is 13.3. The quantitative estimate of drug-likeness (QED) is 0.184. The molecule has 0 saturated carbocycles. The fourth-order valence-corrected chi connectivity index (χ4v) is 9.98. The molecule has 12 rings (SSSR count). The molecule has 2 N–H and O–H groups in total. The normalized spacial score (nSPS) is 16.1. The highest BCUT2D eigenvalue weighted by molar-refractivity contribution is 7.25. The Morgan fingerprint density at radius 1 is 0.517 bits per heavy atom. The topological polar surface area (TPSA) is 61.9 Å². The van der Waals surface area contributed by atoms with E-state index in [1.165, 1.54) is 31.3 Å². The summed E-state index contributed by atoms with van der Waals surface area (Å²) in [6.07, 6.45) is -0.321. The summed E-state index contributed by atoms with van der Waals surface area (Å²) in [4.78, 5) is 10.3. The van der Waals surface area contributed by atoms with Crippen molar-refractivity contribution in [3.05, 3.63) is 210 Å². The number of anilines is 1. The molecule has 0 radical (unpaired) electrons. The zero-order chi connectivity index (χ0) is 38.2. The second-order valence-corrected chi connectivity index (χ2v) is 16.1. The lowest BCUT2D eigenvalue weighted by Crippen LogP contribution is -2.33. The third kappa shape index (κ3) is 5.30. The van der Waals surface area contributed by atoms with E-state index in [-0.39, 0.29) is 12.2 Å². The number of nitrogens with one attached hydrogen (secondary N) is 2. The van der Waals surface area contributed by atoms with Crippen LogP contribution in [0.25, 0.3) is 64.4 Å². The van der Waals surface area contributed by atoms with Crippen LogP contribution in [0, 0.1) is 0 Å². The Labute approximate surface area is 338 Å². The van der Waals surface area contributed by atoms with E-state index in [0.29, 0.717) is 0 Å². The van der Waals surface area contributed by atoms with Gasteiger partial charge in [-0.15, -0.1) is 11.3 Å². The van der Waals surface area contributed by atoms with E-state index in [1.54, 1.807) is 0 Å². The molecule has 2 aliphatic heterocycles. The maximum Gasteiger partial charge on any atom is 0.159 e. The summed E-state index contributed by atoms with van der Waals surface area (Å²) in [5, 5.41) is 12.2. The van der Waals surface area contributed by atoms with Crippen molar-refractivity contribution in [2.24, 2.45) is 9.98 Å². The third-order valence-electron chi connectivity index (χ3n) is 11.6.